The fraction of sp³-hybridized carbons (Fsp3) is 0. The molecule has 0 unspecified atom stereocenters. The molecule has 0 aliphatic carbocycles. The van der Waals surface area contributed by atoms with Gasteiger partial charge in [0.25, 0.3) is 15.9 Å². The van der Waals surface area contributed by atoms with Crippen LogP contribution in [-0.2, 0) is 10.0 Å². The number of hydrogen-bond acceptors (Lipinski definition) is 4. The molecule has 0 fully saturated rings. The van der Waals surface area contributed by atoms with Crippen LogP contribution in [0.15, 0.2) is 77.7 Å². The van der Waals surface area contributed by atoms with E-state index in [1.807, 2.05) is 0 Å². The van der Waals surface area contributed by atoms with E-state index < -0.39 is 20.7 Å². The maximum absolute atomic E-state index is 13.9. The first-order valence-corrected chi connectivity index (χ1v) is 10.0. The lowest BCUT2D eigenvalue weighted by Gasteiger charge is -2.09. The molecular formula is C20H15FN4O3S. The number of sulfonamides is 1. The highest BCUT2D eigenvalue weighted by Crippen LogP contribution is 2.26. The molecule has 1 aromatic heterocycles. The zero-order valence-electron chi connectivity index (χ0n) is 14.9. The number of aromatic nitrogens is 2. The lowest BCUT2D eigenvalue weighted by Crippen LogP contribution is -2.14. The number of carbonyl (C=O) groups excluding carboxylic acids is 1. The van der Waals surface area contributed by atoms with E-state index >= 15 is 0 Å². The molecule has 0 saturated carbocycles. The van der Waals surface area contributed by atoms with Gasteiger partial charge in [0, 0.05) is 16.6 Å². The SMILES string of the molecule is O=C(Nc1n[nH]c2ccc(NS(=O)(=O)c3ccccc3F)cc12)c1ccccc1. The standard InChI is InChI=1S/C20H15FN4O3S/c21-16-8-4-5-9-18(16)29(27,28)25-14-10-11-17-15(12-14)19(24-23-17)22-20(26)13-6-2-1-3-7-13/h1-12,25H,(H2,22,23,24,26). The smallest absolute Gasteiger partial charge is 0.264 e. The molecule has 9 heteroatoms. The Bertz CT molecular complexity index is 1300. The summed E-state index contributed by atoms with van der Waals surface area (Å²) in [6.45, 7) is 0. The molecule has 0 aliphatic heterocycles. The maximum atomic E-state index is 13.9. The normalized spacial score (nSPS) is 11.3. The van der Waals surface area contributed by atoms with Crippen LogP contribution in [0.1, 0.15) is 10.4 Å². The van der Waals surface area contributed by atoms with Crippen LogP contribution in [0.2, 0.25) is 0 Å². The van der Waals surface area contributed by atoms with Gasteiger partial charge in [0.1, 0.15) is 10.7 Å². The second kappa shape index (κ2) is 7.36. The van der Waals surface area contributed by atoms with Gasteiger partial charge in [-0.1, -0.05) is 30.3 Å². The number of halogens is 1. The summed E-state index contributed by atoms with van der Waals surface area (Å²) in [5, 5.41) is 10.0. The van der Waals surface area contributed by atoms with Crippen LogP contribution < -0.4 is 10.0 Å². The van der Waals surface area contributed by atoms with Crippen molar-refractivity contribution in [2.45, 2.75) is 4.90 Å². The molecule has 1 amide bonds. The van der Waals surface area contributed by atoms with Crippen molar-refractivity contribution in [1.29, 1.82) is 0 Å². The van der Waals surface area contributed by atoms with Crippen molar-refractivity contribution < 1.29 is 17.6 Å². The highest BCUT2D eigenvalue weighted by atomic mass is 32.2. The van der Waals surface area contributed by atoms with Crippen molar-refractivity contribution in [2.24, 2.45) is 0 Å². The molecule has 0 spiro atoms. The fourth-order valence-electron chi connectivity index (χ4n) is 2.81. The van der Waals surface area contributed by atoms with Crippen LogP contribution in [0, 0.1) is 5.82 Å². The molecule has 0 bridgehead atoms. The minimum Gasteiger partial charge on any atom is -0.305 e. The Morgan fingerprint density at radius 3 is 2.45 bits per heavy atom. The number of benzene rings is 3. The van der Waals surface area contributed by atoms with Gasteiger partial charge < -0.3 is 5.32 Å². The summed E-state index contributed by atoms with van der Waals surface area (Å²) in [5.74, 6) is -0.947. The van der Waals surface area contributed by atoms with Gasteiger partial charge in [-0.15, -0.1) is 0 Å². The monoisotopic (exact) mass is 410 g/mol. The number of nitrogens with one attached hydrogen (secondary N) is 3. The number of rotatable bonds is 5. The third-order valence-electron chi connectivity index (χ3n) is 4.21. The van der Waals surface area contributed by atoms with Crippen molar-refractivity contribution >= 4 is 38.3 Å². The molecule has 3 aromatic carbocycles. The minimum absolute atomic E-state index is 0.206. The van der Waals surface area contributed by atoms with Crippen LogP contribution in [0.25, 0.3) is 10.9 Å². The summed E-state index contributed by atoms with van der Waals surface area (Å²) in [6, 6.07) is 18.4. The Balaban J connectivity index is 1.64. The molecule has 0 radical (unpaired) electrons. The molecule has 0 aliphatic rings. The Hall–Kier alpha value is -3.72. The summed E-state index contributed by atoms with van der Waals surface area (Å²) < 4.78 is 41.2. The van der Waals surface area contributed by atoms with Crippen molar-refractivity contribution in [2.75, 3.05) is 10.0 Å². The molecule has 7 nitrogen and oxygen atoms in total. The summed E-state index contributed by atoms with van der Waals surface area (Å²) in [7, 11) is -4.12. The van der Waals surface area contributed by atoms with Crippen molar-refractivity contribution in [3.63, 3.8) is 0 Å². The topological polar surface area (TPSA) is 104 Å². The van der Waals surface area contributed by atoms with Crippen molar-refractivity contribution in [3.05, 3.63) is 84.2 Å². The minimum atomic E-state index is -4.12. The highest BCUT2D eigenvalue weighted by molar-refractivity contribution is 7.92. The predicted molar refractivity (Wildman–Crippen MR) is 108 cm³/mol. The van der Waals surface area contributed by atoms with E-state index in [9.17, 15) is 17.6 Å². The molecule has 1 heterocycles. The molecule has 3 N–H and O–H groups in total. The van der Waals surface area contributed by atoms with Gasteiger partial charge in [-0.05, 0) is 42.5 Å². The third kappa shape index (κ3) is 3.81. The van der Waals surface area contributed by atoms with Crippen LogP contribution in [0.3, 0.4) is 0 Å². The number of nitrogens with zero attached hydrogens (tertiary/aromatic N) is 1. The lowest BCUT2D eigenvalue weighted by atomic mass is 10.2. The maximum Gasteiger partial charge on any atom is 0.264 e. The fourth-order valence-corrected chi connectivity index (χ4v) is 3.94. The summed E-state index contributed by atoms with van der Waals surface area (Å²) in [4.78, 5) is 11.9. The van der Waals surface area contributed by atoms with E-state index in [4.69, 9.17) is 0 Å². The predicted octanol–water partition coefficient (Wildman–Crippen LogP) is 3.76. The van der Waals surface area contributed by atoms with E-state index in [0.717, 1.165) is 6.07 Å². The van der Waals surface area contributed by atoms with Crippen molar-refractivity contribution in [3.8, 4) is 0 Å². The van der Waals surface area contributed by atoms with Crippen molar-refractivity contribution in [1.82, 2.24) is 10.2 Å². The first-order valence-electron chi connectivity index (χ1n) is 8.56. The Labute approximate surface area is 165 Å². The largest absolute Gasteiger partial charge is 0.305 e. The van der Waals surface area contributed by atoms with Gasteiger partial charge in [0.2, 0.25) is 0 Å². The zero-order valence-corrected chi connectivity index (χ0v) is 15.7. The van der Waals surface area contributed by atoms with E-state index in [1.165, 1.54) is 30.3 Å². The Kier molecular flexibility index (Phi) is 4.73. The molecule has 29 heavy (non-hydrogen) atoms. The zero-order chi connectivity index (χ0) is 20.4. The first-order chi connectivity index (χ1) is 13.9. The quantitative estimate of drug-likeness (QED) is 0.466. The van der Waals surface area contributed by atoms with E-state index in [2.05, 4.69) is 20.2 Å². The summed E-state index contributed by atoms with van der Waals surface area (Å²) >= 11 is 0. The average Bonchev–Trinajstić information content (AvgIpc) is 3.10. The van der Waals surface area contributed by atoms with Gasteiger partial charge in [-0.25, -0.2) is 12.8 Å². The summed E-state index contributed by atoms with van der Waals surface area (Å²) in [5.41, 5.74) is 1.26. The van der Waals surface area contributed by atoms with Crippen LogP contribution >= 0.6 is 0 Å². The van der Waals surface area contributed by atoms with Crippen LogP contribution in [0.4, 0.5) is 15.9 Å². The number of carbonyl (C=O) groups is 1. The molecule has 4 rings (SSSR count). The first kappa shape index (κ1) is 18.6. The van der Waals surface area contributed by atoms with Gasteiger partial charge in [0.15, 0.2) is 5.82 Å². The number of hydrogen-bond donors (Lipinski definition) is 3. The van der Waals surface area contributed by atoms with Crippen LogP contribution in [-0.4, -0.2) is 24.5 Å². The number of H-pyrrole nitrogens is 1. The lowest BCUT2D eigenvalue weighted by molar-refractivity contribution is 0.102. The van der Waals surface area contributed by atoms with E-state index in [0.29, 0.717) is 16.5 Å². The van der Waals surface area contributed by atoms with E-state index in [-0.39, 0.29) is 17.4 Å². The molecule has 0 atom stereocenters. The number of amides is 1. The number of anilines is 2. The summed E-state index contributed by atoms with van der Waals surface area (Å²) in [6.07, 6.45) is 0. The average molecular weight is 410 g/mol. The third-order valence-corrected chi connectivity index (χ3v) is 5.62. The second-order valence-corrected chi connectivity index (χ2v) is 7.84. The van der Waals surface area contributed by atoms with E-state index in [1.54, 1.807) is 36.4 Å². The molecule has 0 saturated heterocycles. The van der Waals surface area contributed by atoms with Gasteiger partial charge in [0.05, 0.1) is 5.52 Å². The molecule has 4 aromatic rings. The van der Waals surface area contributed by atoms with Gasteiger partial charge in [-0.3, -0.25) is 14.6 Å². The second-order valence-electron chi connectivity index (χ2n) is 6.19. The Morgan fingerprint density at radius 1 is 0.966 bits per heavy atom. The van der Waals surface area contributed by atoms with Gasteiger partial charge in [-0.2, -0.15) is 5.10 Å². The van der Waals surface area contributed by atoms with Gasteiger partial charge >= 0.3 is 0 Å². The number of fused-ring (bicyclic) bond motifs is 1. The highest BCUT2D eigenvalue weighted by Gasteiger charge is 2.19. The molecule has 146 valence electrons. The number of aromatic amines is 1. The van der Waals surface area contributed by atoms with Crippen LogP contribution in [0.5, 0.6) is 0 Å². The molecular weight excluding hydrogens is 395 g/mol. The Morgan fingerprint density at radius 2 is 1.69 bits per heavy atom.